The predicted molar refractivity (Wildman–Crippen MR) is 121 cm³/mol. The molecule has 1 aromatic carbocycles. The van der Waals surface area contributed by atoms with Gasteiger partial charge in [-0.3, -0.25) is 0 Å². The number of carbonyl (C=O) groups excluding carboxylic acids is 1. The van der Waals surface area contributed by atoms with Crippen molar-refractivity contribution in [2.24, 2.45) is 0 Å². The van der Waals surface area contributed by atoms with Crippen LogP contribution in [0.2, 0.25) is 0 Å². The summed E-state index contributed by atoms with van der Waals surface area (Å²) in [5.41, 5.74) is 1.83. The van der Waals surface area contributed by atoms with E-state index in [9.17, 15) is 13.2 Å². The summed E-state index contributed by atoms with van der Waals surface area (Å²) in [5.74, 6) is 0.944. The number of pyridine rings is 1. The lowest BCUT2D eigenvalue weighted by atomic mass is 10.1. The highest BCUT2D eigenvalue weighted by Crippen LogP contribution is 2.22. The molecule has 1 saturated heterocycles. The molecule has 3 rings (SSSR count). The first kappa shape index (κ1) is 22.6. The number of amides is 2. The van der Waals surface area contributed by atoms with E-state index in [1.807, 2.05) is 49.4 Å². The van der Waals surface area contributed by atoms with Gasteiger partial charge in [0.25, 0.3) is 0 Å². The third kappa shape index (κ3) is 6.72. The largest absolute Gasteiger partial charge is 0.335 e. The zero-order valence-corrected chi connectivity index (χ0v) is 18.7. The van der Waals surface area contributed by atoms with E-state index in [4.69, 9.17) is 0 Å². The van der Waals surface area contributed by atoms with Crippen molar-refractivity contribution >= 4 is 33.5 Å². The van der Waals surface area contributed by atoms with Crippen molar-refractivity contribution in [3.05, 3.63) is 54.2 Å². The number of rotatable bonds is 8. The molecule has 1 aliphatic heterocycles. The molecule has 2 aromatic rings. The Bertz CT molecular complexity index is 930. The van der Waals surface area contributed by atoms with E-state index in [1.165, 1.54) is 4.31 Å². The molecule has 30 heavy (non-hydrogen) atoms. The molecule has 2 heterocycles. The fraction of sp³-hybridized carbons (Fsp3) is 0.429. The molecule has 0 unspecified atom stereocenters. The fourth-order valence-corrected chi connectivity index (χ4v) is 5.69. The summed E-state index contributed by atoms with van der Waals surface area (Å²) in [6, 6.07) is 13.3. The van der Waals surface area contributed by atoms with Gasteiger partial charge in [0.15, 0.2) is 0 Å². The molecule has 2 amide bonds. The normalized spacial score (nSPS) is 15.6. The van der Waals surface area contributed by atoms with E-state index < -0.39 is 10.0 Å². The van der Waals surface area contributed by atoms with Crippen LogP contribution in [0.5, 0.6) is 0 Å². The van der Waals surface area contributed by atoms with E-state index in [0.717, 1.165) is 22.0 Å². The number of benzene rings is 1. The summed E-state index contributed by atoms with van der Waals surface area (Å²) < 4.78 is 25.8. The average molecular weight is 449 g/mol. The molecule has 9 heteroatoms. The maximum absolute atomic E-state index is 12.4. The van der Waals surface area contributed by atoms with Gasteiger partial charge in [-0.15, -0.1) is 11.8 Å². The summed E-state index contributed by atoms with van der Waals surface area (Å²) in [5, 5.41) is 6.80. The van der Waals surface area contributed by atoms with Crippen molar-refractivity contribution in [1.82, 2.24) is 14.6 Å². The number of nitrogens with zero attached hydrogens (tertiary/aromatic N) is 2. The first-order chi connectivity index (χ1) is 14.5. The summed E-state index contributed by atoms with van der Waals surface area (Å²) >= 11 is 1.64. The van der Waals surface area contributed by atoms with Gasteiger partial charge in [0, 0.05) is 36.8 Å². The Morgan fingerprint density at radius 1 is 1.20 bits per heavy atom. The molecule has 0 bridgehead atoms. The number of anilines is 1. The van der Waals surface area contributed by atoms with Crippen molar-refractivity contribution < 1.29 is 13.2 Å². The van der Waals surface area contributed by atoms with Gasteiger partial charge in [-0.1, -0.05) is 25.1 Å². The van der Waals surface area contributed by atoms with Crippen LogP contribution >= 0.6 is 11.8 Å². The zero-order valence-electron chi connectivity index (χ0n) is 17.1. The molecule has 7 nitrogen and oxygen atoms in total. The third-order valence-corrected chi connectivity index (χ3v) is 7.94. The Balaban J connectivity index is 1.46. The van der Waals surface area contributed by atoms with Crippen molar-refractivity contribution in [2.75, 3.05) is 24.2 Å². The minimum Gasteiger partial charge on any atom is -0.335 e. The van der Waals surface area contributed by atoms with Gasteiger partial charge in [-0.05, 0) is 49.1 Å². The van der Waals surface area contributed by atoms with Gasteiger partial charge < -0.3 is 10.6 Å². The van der Waals surface area contributed by atoms with Crippen LogP contribution in [-0.2, 0) is 15.8 Å². The quantitative estimate of drug-likeness (QED) is 0.601. The molecule has 1 aliphatic rings. The number of nitrogens with one attached hydrogen (secondary N) is 2. The molecule has 1 fully saturated rings. The first-order valence-electron chi connectivity index (χ1n) is 10.1. The summed E-state index contributed by atoms with van der Waals surface area (Å²) in [4.78, 5) is 16.7. The van der Waals surface area contributed by atoms with Crippen LogP contribution in [0.25, 0.3) is 0 Å². The van der Waals surface area contributed by atoms with E-state index in [-0.39, 0.29) is 17.8 Å². The second kappa shape index (κ2) is 10.8. The highest BCUT2D eigenvalue weighted by molar-refractivity contribution is 7.98. The highest BCUT2D eigenvalue weighted by atomic mass is 32.2. The Hall–Kier alpha value is -2.10. The van der Waals surface area contributed by atoms with E-state index in [0.29, 0.717) is 32.4 Å². The van der Waals surface area contributed by atoms with Crippen LogP contribution in [-0.4, -0.2) is 48.6 Å². The molecule has 0 saturated carbocycles. The number of urea groups is 1. The van der Waals surface area contributed by atoms with E-state index in [2.05, 4.69) is 15.6 Å². The van der Waals surface area contributed by atoms with Gasteiger partial charge in [0.05, 0.1) is 10.8 Å². The standard InChI is InChI=1S/C21H28N4O3S2/c1-2-14-30(27,28)25-12-9-18(10-13-25)23-21(26)24-19-7-5-6-17(15-19)16-29-20-8-3-4-11-22-20/h3-8,11,15,18H,2,9-10,12-14,16H2,1H3,(H2,23,24,26). The zero-order chi connectivity index (χ0) is 21.4. The second-order valence-corrected chi connectivity index (χ2v) is 10.3. The van der Waals surface area contributed by atoms with Gasteiger partial charge in [-0.2, -0.15) is 0 Å². The highest BCUT2D eigenvalue weighted by Gasteiger charge is 2.27. The van der Waals surface area contributed by atoms with Gasteiger partial charge >= 0.3 is 6.03 Å². The van der Waals surface area contributed by atoms with Crippen LogP contribution in [0.3, 0.4) is 0 Å². The minimum absolute atomic E-state index is 0.0269. The van der Waals surface area contributed by atoms with E-state index >= 15 is 0 Å². The molecule has 0 radical (unpaired) electrons. The van der Waals surface area contributed by atoms with Crippen molar-refractivity contribution in [3.8, 4) is 0 Å². The molecule has 0 spiro atoms. The SMILES string of the molecule is CCCS(=O)(=O)N1CCC(NC(=O)Nc2cccc(CSc3ccccn3)c2)CC1. The molecular formula is C21H28N4O3S2. The molecule has 2 N–H and O–H groups in total. The maximum atomic E-state index is 12.4. The monoisotopic (exact) mass is 448 g/mol. The van der Waals surface area contributed by atoms with Crippen molar-refractivity contribution in [3.63, 3.8) is 0 Å². The Kier molecular flexibility index (Phi) is 8.12. The Morgan fingerprint density at radius 2 is 2.00 bits per heavy atom. The molecule has 1 aromatic heterocycles. The topological polar surface area (TPSA) is 91.4 Å². The predicted octanol–water partition coefficient (Wildman–Crippen LogP) is 3.70. The molecular weight excluding hydrogens is 420 g/mol. The third-order valence-electron chi connectivity index (χ3n) is 4.85. The van der Waals surface area contributed by atoms with Crippen LogP contribution in [0, 0.1) is 0 Å². The summed E-state index contributed by atoms with van der Waals surface area (Å²) in [6.45, 7) is 2.77. The van der Waals surface area contributed by atoms with Crippen molar-refractivity contribution in [1.29, 1.82) is 0 Å². The lowest BCUT2D eigenvalue weighted by Crippen LogP contribution is -2.47. The lowest BCUT2D eigenvalue weighted by Gasteiger charge is -2.31. The second-order valence-electron chi connectivity index (χ2n) is 7.24. The maximum Gasteiger partial charge on any atom is 0.319 e. The number of aromatic nitrogens is 1. The van der Waals surface area contributed by atoms with Crippen LogP contribution in [0.1, 0.15) is 31.7 Å². The molecule has 0 atom stereocenters. The lowest BCUT2D eigenvalue weighted by molar-refractivity contribution is 0.238. The fourth-order valence-electron chi connectivity index (χ4n) is 3.35. The molecule has 162 valence electrons. The van der Waals surface area contributed by atoms with Crippen LogP contribution in [0.15, 0.2) is 53.7 Å². The number of hydrogen-bond acceptors (Lipinski definition) is 5. The van der Waals surface area contributed by atoms with E-state index in [1.54, 1.807) is 18.0 Å². The average Bonchev–Trinajstić information content (AvgIpc) is 2.73. The summed E-state index contributed by atoms with van der Waals surface area (Å²) in [6.07, 6.45) is 3.63. The molecule has 0 aliphatic carbocycles. The first-order valence-corrected chi connectivity index (χ1v) is 12.7. The number of carbonyl (C=O) groups is 1. The number of piperidine rings is 1. The smallest absolute Gasteiger partial charge is 0.319 e. The van der Waals surface area contributed by atoms with Gasteiger partial charge in [-0.25, -0.2) is 22.5 Å². The van der Waals surface area contributed by atoms with Crippen molar-refractivity contribution in [2.45, 2.75) is 43.0 Å². The summed E-state index contributed by atoms with van der Waals surface area (Å²) in [7, 11) is -3.17. The Labute approximate surface area is 182 Å². The van der Waals surface area contributed by atoms with Gasteiger partial charge in [0.2, 0.25) is 10.0 Å². The Morgan fingerprint density at radius 3 is 2.70 bits per heavy atom. The number of hydrogen-bond donors (Lipinski definition) is 2. The van der Waals surface area contributed by atoms with Gasteiger partial charge in [0.1, 0.15) is 0 Å². The number of sulfonamides is 1. The van der Waals surface area contributed by atoms with Crippen LogP contribution < -0.4 is 10.6 Å². The number of thioether (sulfide) groups is 1. The van der Waals surface area contributed by atoms with Crippen LogP contribution in [0.4, 0.5) is 10.5 Å². The minimum atomic E-state index is -3.17.